The summed E-state index contributed by atoms with van der Waals surface area (Å²) in [6, 6.07) is 12.7. The molecule has 11 rings (SSSR count). The first-order valence-electron chi connectivity index (χ1n) is 21.2. The van der Waals surface area contributed by atoms with Crippen LogP contribution in [0.15, 0.2) is 144 Å². The van der Waals surface area contributed by atoms with E-state index in [0.29, 0.717) is 11.0 Å². The van der Waals surface area contributed by atoms with Crippen molar-refractivity contribution >= 4 is 96.9 Å². The topological polar surface area (TPSA) is 43.9 Å². The molecular weight excluding hydrogens is 595 g/mol. The average molecular weight is 631 g/mol. The molecular formula is C42H23N3OS. The van der Waals surface area contributed by atoms with E-state index in [1.807, 2.05) is 42.5 Å². The van der Waals surface area contributed by atoms with Crippen LogP contribution < -0.4 is 0 Å². The lowest BCUT2D eigenvalue weighted by Gasteiger charge is -2.12. The first kappa shape index (κ1) is 16.0. The molecule has 5 heteroatoms. The number of hydrogen-bond donors (Lipinski definition) is 0. The fourth-order valence-electron chi connectivity index (χ4n) is 6.50. The van der Waals surface area contributed by atoms with Gasteiger partial charge in [0.25, 0.3) is 0 Å². The summed E-state index contributed by atoms with van der Waals surface area (Å²) in [6.07, 6.45) is 0. The summed E-state index contributed by atoms with van der Waals surface area (Å²) in [5.74, 6) is -0.0271. The lowest BCUT2D eigenvalue weighted by atomic mass is 10.0. The fourth-order valence-corrected chi connectivity index (χ4v) is 7.62. The van der Waals surface area contributed by atoms with Crippen molar-refractivity contribution in [2.24, 2.45) is 0 Å². The molecule has 0 N–H and O–H groups in total. The predicted molar refractivity (Wildman–Crippen MR) is 197 cm³/mol. The number of para-hydroxylation sites is 2. The van der Waals surface area contributed by atoms with E-state index in [4.69, 9.17) is 28.1 Å². The van der Waals surface area contributed by atoms with E-state index in [1.54, 1.807) is 15.9 Å². The van der Waals surface area contributed by atoms with Crippen LogP contribution in [0.4, 0.5) is 0 Å². The first-order valence-corrected chi connectivity index (χ1v) is 15.5. The number of benzene rings is 7. The highest BCUT2D eigenvalue weighted by molar-refractivity contribution is 7.25. The van der Waals surface area contributed by atoms with Crippen LogP contribution in [-0.4, -0.2) is 14.5 Å². The number of hydrogen-bond acceptors (Lipinski definition) is 4. The summed E-state index contributed by atoms with van der Waals surface area (Å²) < 4.78 is 125. The highest BCUT2D eigenvalue weighted by Gasteiger charge is 2.19. The second-order valence-corrected chi connectivity index (χ2v) is 12.3. The van der Waals surface area contributed by atoms with Gasteiger partial charge >= 0.3 is 0 Å². The zero-order valence-corrected chi connectivity index (χ0v) is 24.7. The molecule has 0 saturated carbocycles. The van der Waals surface area contributed by atoms with E-state index < -0.39 is 78.6 Å². The minimum atomic E-state index is -0.615. The van der Waals surface area contributed by atoms with Crippen molar-refractivity contribution in [3.8, 4) is 17.2 Å². The number of nitrogens with zero attached hydrogens (tertiary/aromatic N) is 3. The molecule has 0 aliphatic carbocycles. The van der Waals surface area contributed by atoms with E-state index in [0.717, 1.165) is 30.9 Å². The van der Waals surface area contributed by atoms with E-state index in [-0.39, 0.29) is 60.8 Å². The molecule has 7 aromatic carbocycles. The Bertz CT molecular complexity index is 3840. The number of thiophene rings is 1. The highest BCUT2D eigenvalue weighted by atomic mass is 32.1. The minimum absolute atomic E-state index is 0.0271. The van der Waals surface area contributed by atoms with Gasteiger partial charge in [-0.2, -0.15) is 0 Å². The Morgan fingerprint density at radius 3 is 2.30 bits per heavy atom. The maximum Gasteiger partial charge on any atom is 0.235 e. The average Bonchev–Trinajstić information content (AvgIpc) is 3.93. The van der Waals surface area contributed by atoms with Crippen LogP contribution in [0.5, 0.6) is 0 Å². The lowest BCUT2D eigenvalue weighted by molar-refractivity contribution is 0.669. The van der Waals surface area contributed by atoms with Crippen LogP contribution in [0, 0.1) is 0 Å². The zero-order chi connectivity index (χ0) is 42.0. The second kappa shape index (κ2) is 9.25. The van der Waals surface area contributed by atoms with Gasteiger partial charge in [-0.1, -0.05) is 84.7 Å². The Morgan fingerprint density at radius 1 is 0.574 bits per heavy atom. The summed E-state index contributed by atoms with van der Waals surface area (Å²) in [7, 11) is 0. The van der Waals surface area contributed by atoms with Crippen LogP contribution in [0.25, 0.3) is 103 Å². The summed E-state index contributed by atoms with van der Waals surface area (Å²) in [5, 5.41) is 2.74. The molecule has 0 atom stereocenters. The van der Waals surface area contributed by atoms with Crippen LogP contribution in [-0.2, 0) is 0 Å². The lowest BCUT2D eigenvalue weighted by Crippen LogP contribution is -2.03. The van der Waals surface area contributed by atoms with Crippen molar-refractivity contribution in [3.63, 3.8) is 0 Å². The smallest absolute Gasteiger partial charge is 0.235 e. The molecule has 0 spiro atoms. The van der Waals surface area contributed by atoms with Crippen molar-refractivity contribution in [1.82, 2.24) is 14.5 Å². The highest BCUT2D eigenvalue weighted by Crippen LogP contribution is 2.41. The fraction of sp³-hybridized carbons (Fsp3) is 0. The molecule has 0 radical (unpaired) electrons. The van der Waals surface area contributed by atoms with Gasteiger partial charge in [0.2, 0.25) is 5.95 Å². The van der Waals surface area contributed by atoms with Crippen LogP contribution in [0.1, 0.15) is 17.8 Å². The summed E-state index contributed by atoms with van der Waals surface area (Å²) >= 11 is 1.61. The van der Waals surface area contributed by atoms with Gasteiger partial charge in [0, 0.05) is 52.7 Å². The molecule has 218 valence electrons. The minimum Gasteiger partial charge on any atom is -0.456 e. The first-order chi connectivity index (χ1) is 28.7. The summed E-state index contributed by atoms with van der Waals surface area (Å²) in [5.41, 5.74) is -0.0562. The van der Waals surface area contributed by atoms with E-state index in [1.165, 1.54) is 0 Å². The number of fused-ring (bicyclic) bond motifs is 11. The molecule has 0 unspecified atom stereocenters. The standard InChI is InChI=1S/C42H23N3OS/c1-2-10-25-20-38-32(19-24(25)9-1)28-18-17-26(21-37(28)46-38)41-30-13-3-6-14-34(30)43-42(44-41)45-35-15-7-4-11-27(35)31-22-33-29-12-5-8-16-39(29)47-40(33)23-36(31)45/h1-23H/i1D,2D,3D,6D,9D,10D,13D,14D,17D,18D,19D,20D,21D. The predicted octanol–water partition coefficient (Wildman–Crippen LogP) is 11.8. The van der Waals surface area contributed by atoms with Crippen LogP contribution in [0.2, 0.25) is 0 Å². The third-order valence-corrected chi connectivity index (χ3v) is 9.70. The maximum absolute atomic E-state index is 9.56. The zero-order valence-electron chi connectivity index (χ0n) is 36.9. The van der Waals surface area contributed by atoms with E-state index in [2.05, 4.69) is 18.2 Å². The van der Waals surface area contributed by atoms with Crippen molar-refractivity contribution in [2.75, 3.05) is 0 Å². The summed E-state index contributed by atoms with van der Waals surface area (Å²) in [4.78, 5) is 9.72. The van der Waals surface area contributed by atoms with Crippen LogP contribution in [0.3, 0.4) is 0 Å². The Balaban J connectivity index is 1.29. The van der Waals surface area contributed by atoms with Gasteiger partial charge in [-0.3, -0.25) is 4.57 Å². The van der Waals surface area contributed by atoms with Gasteiger partial charge in [-0.15, -0.1) is 11.3 Å². The molecule has 0 aliphatic rings. The molecule has 47 heavy (non-hydrogen) atoms. The van der Waals surface area contributed by atoms with Crippen molar-refractivity contribution in [2.45, 2.75) is 0 Å². The second-order valence-electron chi connectivity index (χ2n) is 11.2. The molecule has 0 bridgehead atoms. The molecule has 11 aromatic rings. The summed E-state index contributed by atoms with van der Waals surface area (Å²) in [6.45, 7) is 0. The largest absolute Gasteiger partial charge is 0.456 e. The molecule has 0 saturated heterocycles. The van der Waals surface area contributed by atoms with Gasteiger partial charge in [0.1, 0.15) is 11.2 Å². The quantitative estimate of drug-likeness (QED) is 0.191. The molecule has 0 fully saturated rings. The van der Waals surface area contributed by atoms with Crippen molar-refractivity contribution in [1.29, 1.82) is 0 Å². The Morgan fingerprint density at radius 2 is 1.36 bits per heavy atom. The van der Waals surface area contributed by atoms with Gasteiger partial charge in [-0.05, 0) is 65.3 Å². The molecule has 4 nitrogen and oxygen atoms in total. The van der Waals surface area contributed by atoms with Gasteiger partial charge < -0.3 is 4.42 Å². The van der Waals surface area contributed by atoms with Crippen molar-refractivity contribution in [3.05, 3.63) is 139 Å². The van der Waals surface area contributed by atoms with Gasteiger partial charge in [0.05, 0.1) is 40.1 Å². The third-order valence-electron chi connectivity index (χ3n) is 8.57. The SMILES string of the molecule is [2H]c1c([2H])c([2H])c2c(-c3c([2H])c([2H])c4c(oc5c([2H])c6c([2H])c([2H])c([2H])c([2H])c6c([2H])c54)c3[2H])nc(-n3c4ccccc4c4cc5c(cc43)sc3ccccc35)nc2c1[2H]. The van der Waals surface area contributed by atoms with Crippen LogP contribution >= 0.6 is 11.3 Å². The Labute approximate surface area is 290 Å². The van der Waals surface area contributed by atoms with Crippen molar-refractivity contribution < 1.29 is 22.2 Å². The Kier molecular flexibility index (Phi) is 3.15. The number of furan rings is 1. The number of rotatable bonds is 2. The normalized spacial score (nSPS) is 16.1. The molecule has 4 heterocycles. The number of aromatic nitrogens is 3. The third kappa shape index (κ3) is 3.57. The Hall–Kier alpha value is -6.04. The van der Waals surface area contributed by atoms with Gasteiger partial charge in [0.15, 0.2) is 0 Å². The molecule has 0 amide bonds. The molecule has 4 aromatic heterocycles. The monoisotopic (exact) mass is 630 g/mol. The molecule has 0 aliphatic heterocycles. The maximum atomic E-state index is 9.56. The van der Waals surface area contributed by atoms with E-state index >= 15 is 0 Å². The van der Waals surface area contributed by atoms with Gasteiger partial charge in [-0.25, -0.2) is 9.97 Å². The van der Waals surface area contributed by atoms with E-state index in [9.17, 15) is 4.11 Å².